The molecule has 0 amide bonds. The molecule has 0 aliphatic rings. The van der Waals surface area contributed by atoms with Crippen molar-refractivity contribution in [2.75, 3.05) is 0 Å². The molecule has 1 aromatic carbocycles. The zero-order valence-electron chi connectivity index (χ0n) is 10.6. The SMILES string of the molecule is O=C(O)c1nn(Cc2csc3ccccc23)cc1[N+](=O)[O-]. The number of hydrogen-bond donors (Lipinski definition) is 1. The highest BCUT2D eigenvalue weighted by Gasteiger charge is 2.25. The number of carboxylic acids is 1. The second-order valence-electron chi connectivity index (χ2n) is 4.38. The Morgan fingerprint density at radius 1 is 1.43 bits per heavy atom. The molecule has 3 aromatic rings. The number of fused-ring (bicyclic) bond motifs is 1. The first-order chi connectivity index (χ1) is 10.1. The molecule has 3 rings (SSSR count). The van der Waals surface area contributed by atoms with E-state index in [2.05, 4.69) is 5.10 Å². The number of aromatic carboxylic acids is 1. The predicted molar refractivity (Wildman–Crippen MR) is 76.8 cm³/mol. The Morgan fingerprint density at radius 3 is 2.86 bits per heavy atom. The first-order valence-corrected chi connectivity index (χ1v) is 6.84. The van der Waals surface area contributed by atoms with Crippen molar-refractivity contribution >= 4 is 33.1 Å². The topological polar surface area (TPSA) is 98.3 Å². The Labute approximate surface area is 122 Å². The van der Waals surface area contributed by atoms with Gasteiger partial charge in [0.15, 0.2) is 0 Å². The summed E-state index contributed by atoms with van der Waals surface area (Å²) >= 11 is 1.57. The highest BCUT2D eigenvalue weighted by molar-refractivity contribution is 7.17. The molecule has 2 heterocycles. The molecule has 8 heteroatoms. The monoisotopic (exact) mass is 303 g/mol. The molecule has 0 aliphatic carbocycles. The summed E-state index contributed by atoms with van der Waals surface area (Å²) in [6, 6.07) is 7.78. The molecular weight excluding hydrogens is 294 g/mol. The minimum atomic E-state index is -1.41. The fraction of sp³-hybridized carbons (Fsp3) is 0.0769. The predicted octanol–water partition coefficient (Wildman–Crippen LogP) is 2.75. The van der Waals surface area contributed by atoms with Gasteiger partial charge in [-0.2, -0.15) is 5.10 Å². The average Bonchev–Trinajstić information content (AvgIpc) is 3.04. The third-order valence-corrected chi connectivity index (χ3v) is 4.05. The van der Waals surface area contributed by atoms with Crippen LogP contribution in [0.3, 0.4) is 0 Å². The normalized spacial score (nSPS) is 10.9. The molecule has 1 N–H and O–H groups in total. The van der Waals surface area contributed by atoms with E-state index in [1.54, 1.807) is 11.3 Å². The van der Waals surface area contributed by atoms with Gasteiger partial charge in [-0.05, 0) is 22.4 Å². The van der Waals surface area contributed by atoms with Crippen LogP contribution in [0.5, 0.6) is 0 Å². The molecule has 7 nitrogen and oxygen atoms in total. The van der Waals surface area contributed by atoms with Crippen molar-refractivity contribution in [3.05, 3.63) is 57.2 Å². The molecule has 0 spiro atoms. The number of carboxylic acid groups (broad SMARTS) is 1. The summed E-state index contributed by atoms with van der Waals surface area (Å²) in [5, 5.41) is 26.6. The Morgan fingerprint density at radius 2 is 2.19 bits per heavy atom. The maximum Gasteiger partial charge on any atom is 0.363 e. The van der Waals surface area contributed by atoms with Crippen molar-refractivity contribution in [2.24, 2.45) is 0 Å². The van der Waals surface area contributed by atoms with E-state index >= 15 is 0 Å². The van der Waals surface area contributed by atoms with Crippen molar-refractivity contribution in [1.29, 1.82) is 0 Å². The number of hydrogen-bond acceptors (Lipinski definition) is 5. The molecule has 0 aliphatic heterocycles. The van der Waals surface area contributed by atoms with E-state index in [4.69, 9.17) is 5.11 Å². The molecule has 0 saturated heterocycles. The zero-order chi connectivity index (χ0) is 15.0. The lowest BCUT2D eigenvalue weighted by Gasteiger charge is -1.99. The van der Waals surface area contributed by atoms with Gasteiger partial charge in [0.25, 0.3) is 0 Å². The van der Waals surface area contributed by atoms with E-state index in [0.29, 0.717) is 0 Å². The number of rotatable bonds is 4. The number of aromatic nitrogens is 2. The summed E-state index contributed by atoms with van der Waals surface area (Å²) in [5.74, 6) is -1.41. The van der Waals surface area contributed by atoms with Gasteiger partial charge in [-0.1, -0.05) is 18.2 Å². The van der Waals surface area contributed by atoms with E-state index in [9.17, 15) is 14.9 Å². The van der Waals surface area contributed by atoms with Crippen LogP contribution in [0.4, 0.5) is 5.69 Å². The van der Waals surface area contributed by atoms with Gasteiger partial charge in [-0.25, -0.2) is 4.79 Å². The van der Waals surface area contributed by atoms with E-state index < -0.39 is 22.3 Å². The van der Waals surface area contributed by atoms with Gasteiger partial charge >= 0.3 is 11.7 Å². The summed E-state index contributed by atoms with van der Waals surface area (Å²) in [7, 11) is 0. The van der Waals surface area contributed by atoms with E-state index in [1.165, 1.54) is 4.68 Å². The van der Waals surface area contributed by atoms with E-state index in [0.717, 1.165) is 21.8 Å². The second kappa shape index (κ2) is 4.98. The van der Waals surface area contributed by atoms with Crippen LogP contribution in [0.1, 0.15) is 16.1 Å². The van der Waals surface area contributed by atoms with Crippen molar-refractivity contribution in [3.63, 3.8) is 0 Å². The number of thiophene rings is 1. The Balaban J connectivity index is 2.00. The van der Waals surface area contributed by atoms with Crippen molar-refractivity contribution in [3.8, 4) is 0 Å². The van der Waals surface area contributed by atoms with Gasteiger partial charge in [-0.15, -0.1) is 11.3 Å². The molecule has 0 radical (unpaired) electrons. The van der Waals surface area contributed by atoms with E-state index in [1.807, 2.05) is 29.6 Å². The Hall–Kier alpha value is -2.74. The maximum atomic E-state index is 11.0. The Kier molecular flexibility index (Phi) is 3.15. The summed E-state index contributed by atoms with van der Waals surface area (Å²) < 4.78 is 2.39. The lowest BCUT2D eigenvalue weighted by atomic mass is 10.2. The van der Waals surface area contributed by atoms with Gasteiger partial charge in [-0.3, -0.25) is 14.8 Å². The standard InChI is InChI=1S/C13H9N3O4S/c17-13(18)12-10(16(19)20)6-15(14-12)5-8-7-21-11-4-2-1-3-9(8)11/h1-4,6-7H,5H2,(H,17,18). The van der Waals surface area contributed by atoms with Crippen molar-refractivity contribution in [1.82, 2.24) is 9.78 Å². The molecule has 21 heavy (non-hydrogen) atoms. The minimum absolute atomic E-state index is 0.290. The van der Waals surface area contributed by atoms with Gasteiger partial charge in [0.1, 0.15) is 6.20 Å². The number of carbonyl (C=O) groups is 1. The molecule has 2 aromatic heterocycles. The third kappa shape index (κ3) is 2.36. The van der Waals surface area contributed by atoms with Crippen LogP contribution in [0.2, 0.25) is 0 Å². The van der Waals surface area contributed by atoms with Gasteiger partial charge < -0.3 is 5.11 Å². The zero-order valence-corrected chi connectivity index (χ0v) is 11.4. The number of nitrogens with zero attached hydrogens (tertiary/aromatic N) is 3. The number of benzene rings is 1. The summed E-state index contributed by atoms with van der Waals surface area (Å²) in [6.07, 6.45) is 1.15. The van der Waals surface area contributed by atoms with Crippen LogP contribution in [0.25, 0.3) is 10.1 Å². The van der Waals surface area contributed by atoms with Crippen LogP contribution in [-0.2, 0) is 6.54 Å². The molecular formula is C13H9N3O4S. The fourth-order valence-electron chi connectivity index (χ4n) is 2.11. The summed E-state index contributed by atoms with van der Waals surface area (Å²) in [5.41, 5.74) is -0.0912. The molecule has 0 unspecified atom stereocenters. The second-order valence-corrected chi connectivity index (χ2v) is 5.29. The fourth-order valence-corrected chi connectivity index (χ4v) is 3.06. The van der Waals surface area contributed by atoms with Gasteiger partial charge in [0.2, 0.25) is 5.69 Å². The first-order valence-electron chi connectivity index (χ1n) is 5.96. The lowest BCUT2D eigenvalue weighted by Crippen LogP contribution is -2.04. The van der Waals surface area contributed by atoms with Crippen LogP contribution >= 0.6 is 11.3 Å². The van der Waals surface area contributed by atoms with E-state index in [-0.39, 0.29) is 6.54 Å². The van der Waals surface area contributed by atoms with Crippen molar-refractivity contribution in [2.45, 2.75) is 6.54 Å². The van der Waals surface area contributed by atoms with Gasteiger partial charge in [0, 0.05) is 4.70 Å². The Bertz CT molecular complexity index is 821. The number of nitro groups is 1. The molecule has 0 fully saturated rings. The maximum absolute atomic E-state index is 11.0. The molecule has 0 saturated carbocycles. The smallest absolute Gasteiger partial charge is 0.363 e. The molecule has 0 atom stereocenters. The van der Waals surface area contributed by atoms with Crippen LogP contribution in [-0.4, -0.2) is 25.8 Å². The molecule has 106 valence electrons. The minimum Gasteiger partial charge on any atom is -0.476 e. The quantitative estimate of drug-likeness (QED) is 0.590. The van der Waals surface area contributed by atoms with Crippen LogP contribution in [0, 0.1) is 10.1 Å². The van der Waals surface area contributed by atoms with Gasteiger partial charge in [0.05, 0.1) is 11.5 Å². The largest absolute Gasteiger partial charge is 0.476 e. The first kappa shape index (κ1) is 13.3. The van der Waals surface area contributed by atoms with Crippen LogP contribution in [0.15, 0.2) is 35.8 Å². The third-order valence-electron chi connectivity index (χ3n) is 3.04. The highest BCUT2D eigenvalue weighted by Crippen LogP contribution is 2.27. The average molecular weight is 303 g/mol. The highest BCUT2D eigenvalue weighted by atomic mass is 32.1. The lowest BCUT2D eigenvalue weighted by molar-refractivity contribution is -0.385. The van der Waals surface area contributed by atoms with Crippen molar-refractivity contribution < 1.29 is 14.8 Å². The summed E-state index contributed by atoms with van der Waals surface area (Å²) in [6.45, 7) is 0.290. The van der Waals surface area contributed by atoms with Crippen LogP contribution < -0.4 is 0 Å². The molecule has 0 bridgehead atoms. The summed E-state index contributed by atoms with van der Waals surface area (Å²) in [4.78, 5) is 21.1.